The van der Waals surface area contributed by atoms with Crippen LogP contribution < -0.4 is 0 Å². The summed E-state index contributed by atoms with van der Waals surface area (Å²) < 4.78 is 4.55. The number of aliphatic hydroxyl groups excluding tert-OH is 1. The number of ether oxygens (including phenoxy) is 1. The van der Waals surface area contributed by atoms with Crippen LogP contribution in [0.3, 0.4) is 0 Å². The lowest BCUT2D eigenvalue weighted by atomic mass is 10.3. The number of hydrogen-bond donors (Lipinski definition) is 1. The van der Waals surface area contributed by atoms with E-state index >= 15 is 0 Å². The summed E-state index contributed by atoms with van der Waals surface area (Å²) in [5, 5.41) is 8.78. The van der Waals surface area contributed by atoms with E-state index in [1.165, 1.54) is 20.0 Å². The second kappa shape index (κ2) is 5.19. The maximum absolute atomic E-state index is 10.9. The molecule has 0 aliphatic heterocycles. The van der Waals surface area contributed by atoms with Crippen LogP contribution >= 0.6 is 0 Å². The second-order valence-electron chi connectivity index (χ2n) is 3.32. The van der Waals surface area contributed by atoms with Gasteiger partial charge in [0.15, 0.2) is 0 Å². The number of carbonyl (C=O) groups excluding carboxylic acids is 1. The number of methoxy groups -OCH3 is 1. The molecule has 0 bridgehead atoms. The van der Waals surface area contributed by atoms with E-state index in [0.29, 0.717) is 25.6 Å². The Kier molecular flexibility index (Phi) is 4.18. The zero-order valence-corrected chi connectivity index (χ0v) is 8.03. The largest absolute Gasteiger partial charge is 0.469 e. The van der Waals surface area contributed by atoms with Crippen LogP contribution in [-0.4, -0.2) is 48.8 Å². The highest BCUT2D eigenvalue weighted by Crippen LogP contribution is 2.26. The Morgan fingerprint density at radius 1 is 1.54 bits per heavy atom. The maximum atomic E-state index is 10.9. The predicted octanol–water partition coefficient (Wildman–Crippen LogP) is 0.00620. The van der Waals surface area contributed by atoms with Gasteiger partial charge >= 0.3 is 5.97 Å². The summed E-state index contributed by atoms with van der Waals surface area (Å²) in [6.45, 7) is 1.54. The third-order valence-corrected chi connectivity index (χ3v) is 2.28. The van der Waals surface area contributed by atoms with Gasteiger partial charge in [0, 0.05) is 19.1 Å². The van der Waals surface area contributed by atoms with Crippen molar-refractivity contribution in [1.29, 1.82) is 0 Å². The molecule has 0 heterocycles. The number of nitrogens with zero attached hydrogens (tertiary/aromatic N) is 1. The smallest absolute Gasteiger partial charge is 0.306 e. The molecule has 1 saturated carbocycles. The van der Waals surface area contributed by atoms with E-state index in [4.69, 9.17) is 5.11 Å². The first-order chi connectivity index (χ1) is 6.27. The van der Waals surface area contributed by atoms with Gasteiger partial charge in [-0.3, -0.25) is 9.69 Å². The van der Waals surface area contributed by atoms with Crippen molar-refractivity contribution in [3.05, 3.63) is 0 Å². The normalized spacial score (nSPS) is 16.2. The molecule has 0 unspecified atom stereocenters. The minimum absolute atomic E-state index is 0.164. The lowest BCUT2D eigenvalue weighted by Crippen LogP contribution is -2.31. The fraction of sp³-hybridized carbons (Fsp3) is 0.889. The molecule has 0 amide bonds. The lowest BCUT2D eigenvalue weighted by molar-refractivity contribution is -0.141. The van der Waals surface area contributed by atoms with Crippen LogP contribution in [0.15, 0.2) is 0 Å². The molecule has 1 rings (SSSR count). The Labute approximate surface area is 78.5 Å². The quantitative estimate of drug-likeness (QED) is 0.595. The molecule has 1 aliphatic rings. The fourth-order valence-corrected chi connectivity index (χ4v) is 1.38. The number of hydrogen-bond acceptors (Lipinski definition) is 4. The van der Waals surface area contributed by atoms with E-state index in [2.05, 4.69) is 9.64 Å². The van der Waals surface area contributed by atoms with Crippen LogP contribution in [0.5, 0.6) is 0 Å². The van der Waals surface area contributed by atoms with Crippen LogP contribution in [0, 0.1) is 0 Å². The standard InChI is InChI=1S/C9H17NO3/c1-13-9(12)4-5-10(6-7-11)8-2-3-8/h8,11H,2-7H2,1H3. The molecule has 13 heavy (non-hydrogen) atoms. The molecule has 0 saturated heterocycles. The van der Waals surface area contributed by atoms with Gasteiger partial charge in [0.2, 0.25) is 0 Å². The van der Waals surface area contributed by atoms with Crippen molar-refractivity contribution in [2.75, 3.05) is 26.8 Å². The summed E-state index contributed by atoms with van der Waals surface area (Å²) >= 11 is 0. The number of esters is 1. The monoisotopic (exact) mass is 187 g/mol. The van der Waals surface area contributed by atoms with E-state index in [-0.39, 0.29) is 12.6 Å². The number of rotatable bonds is 6. The van der Waals surface area contributed by atoms with Crippen LogP contribution in [0.2, 0.25) is 0 Å². The minimum Gasteiger partial charge on any atom is -0.469 e. The second-order valence-corrected chi connectivity index (χ2v) is 3.32. The Morgan fingerprint density at radius 3 is 2.69 bits per heavy atom. The molecular weight excluding hydrogens is 170 g/mol. The summed E-state index contributed by atoms with van der Waals surface area (Å²) in [6.07, 6.45) is 2.81. The molecule has 0 aromatic rings. The molecule has 1 N–H and O–H groups in total. The van der Waals surface area contributed by atoms with Gasteiger partial charge in [-0.2, -0.15) is 0 Å². The van der Waals surface area contributed by atoms with Gasteiger partial charge in [-0.15, -0.1) is 0 Å². The maximum Gasteiger partial charge on any atom is 0.306 e. The summed E-state index contributed by atoms with van der Waals surface area (Å²) in [5.41, 5.74) is 0. The number of carbonyl (C=O) groups is 1. The molecule has 0 radical (unpaired) electrons. The van der Waals surface area contributed by atoms with Crippen LogP contribution in [-0.2, 0) is 9.53 Å². The van der Waals surface area contributed by atoms with Crippen LogP contribution in [0.4, 0.5) is 0 Å². The average Bonchev–Trinajstić information content (AvgIpc) is 2.94. The first-order valence-electron chi connectivity index (χ1n) is 4.69. The van der Waals surface area contributed by atoms with Gasteiger partial charge in [0.05, 0.1) is 20.1 Å². The van der Waals surface area contributed by atoms with Crippen molar-refractivity contribution in [2.24, 2.45) is 0 Å². The van der Waals surface area contributed by atoms with E-state index in [9.17, 15) is 4.79 Å². The molecule has 0 atom stereocenters. The van der Waals surface area contributed by atoms with Gasteiger partial charge in [-0.25, -0.2) is 0 Å². The fourth-order valence-electron chi connectivity index (χ4n) is 1.38. The first kappa shape index (κ1) is 10.5. The van der Waals surface area contributed by atoms with Gasteiger partial charge in [0.1, 0.15) is 0 Å². The van der Waals surface area contributed by atoms with E-state index < -0.39 is 0 Å². The van der Waals surface area contributed by atoms with Crippen molar-refractivity contribution in [3.63, 3.8) is 0 Å². The Balaban J connectivity index is 2.17. The first-order valence-corrected chi connectivity index (χ1v) is 4.69. The van der Waals surface area contributed by atoms with Gasteiger partial charge in [-0.05, 0) is 12.8 Å². The summed E-state index contributed by atoms with van der Waals surface area (Å²) in [5.74, 6) is -0.177. The van der Waals surface area contributed by atoms with Gasteiger partial charge < -0.3 is 9.84 Å². The summed E-state index contributed by atoms with van der Waals surface area (Å²) in [6, 6.07) is 0.594. The third kappa shape index (κ3) is 3.74. The molecule has 76 valence electrons. The molecule has 1 aliphatic carbocycles. The Morgan fingerprint density at radius 2 is 2.23 bits per heavy atom. The van der Waals surface area contributed by atoms with Crippen molar-refractivity contribution in [1.82, 2.24) is 4.90 Å². The minimum atomic E-state index is -0.177. The SMILES string of the molecule is COC(=O)CCN(CCO)C1CC1. The van der Waals surface area contributed by atoms with Crippen molar-refractivity contribution >= 4 is 5.97 Å². The van der Waals surface area contributed by atoms with Crippen molar-refractivity contribution in [2.45, 2.75) is 25.3 Å². The van der Waals surface area contributed by atoms with E-state index in [0.717, 1.165) is 0 Å². The highest BCUT2D eigenvalue weighted by molar-refractivity contribution is 5.69. The molecule has 0 aromatic heterocycles. The van der Waals surface area contributed by atoms with Crippen LogP contribution in [0.25, 0.3) is 0 Å². The summed E-state index contributed by atoms with van der Waals surface area (Å²) in [7, 11) is 1.40. The zero-order valence-electron chi connectivity index (χ0n) is 8.03. The summed E-state index contributed by atoms with van der Waals surface area (Å²) in [4.78, 5) is 13.0. The molecule has 1 fully saturated rings. The average molecular weight is 187 g/mol. The molecule has 0 spiro atoms. The Bertz CT molecular complexity index is 168. The molecule has 4 heteroatoms. The van der Waals surface area contributed by atoms with Gasteiger partial charge in [-0.1, -0.05) is 0 Å². The Hall–Kier alpha value is -0.610. The van der Waals surface area contributed by atoms with Crippen molar-refractivity contribution < 1.29 is 14.6 Å². The predicted molar refractivity (Wildman–Crippen MR) is 48.3 cm³/mol. The lowest BCUT2D eigenvalue weighted by Gasteiger charge is -2.19. The topological polar surface area (TPSA) is 49.8 Å². The van der Waals surface area contributed by atoms with E-state index in [1.807, 2.05) is 0 Å². The molecule has 0 aromatic carbocycles. The van der Waals surface area contributed by atoms with Crippen molar-refractivity contribution in [3.8, 4) is 0 Å². The third-order valence-electron chi connectivity index (χ3n) is 2.28. The zero-order chi connectivity index (χ0) is 9.68. The van der Waals surface area contributed by atoms with Gasteiger partial charge in [0.25, 0.3) is 0 Å². The highest BCUT2D eigenvalue weighted by atomic mass is 16.5. The van der Waals surface area contributed by atoms with Crippen LogP contribution in [0.1, 0.15) is 19.3 Å². The van der Waals surface area contributed by atoms with E-state index in [1.54, 1.807) is 0 Å². The molecule has 4 nitrogen and oxygen atoms in total. The molecular formula is C9H17NO3. The highest BCUT2D eigenvalue weighted by Gasteiger charge is 2.28. The number of aliphatic hydroxyl groups is 1.